The number of carbonyl (C=O) groups is 2. The van der Waals surface area contributed by atoms with Crippen LogP contribution in [0.4, 0.5) is 4.39 Å². The van der Waals surface area contributed by atoms with Gasteiger partial charge in [-0.15, -0.1) is 0 Å². The average Bonchev–Trinajstić information content (AvgIpc) is 2.42. The molecular formula is C16H22FNO3. The Balaban J connectivity index is 3.05. The van der Waals surface area contributed by atoms with E-state index in [2.05, 4.69) is 5.32 Å². The Morgan fingerprint density at radius 2 is 1.67 bits per heavy atom. The van der Waals surface area contributed by atoms with E-state index in [0.29, 0.717) is 29.5 Å². The van der Waals surface area contributed by atoms with Crippen LogP contribution in [0.5, 0.6) is 0 Å². The molecule has 0 aliphatic heterocycles. The molecule has 1 aromatic rings. The number of carboxylic acids is 1. The van der Waals surface area contributed by atoms with Crippen molar-refractivity contribution in [3.63, 3.8) is 0 Å². The van der Waals surface area contributed by atoms with E-state index < -0.39 is 11.5 Å². The maximum Gasteiger partial charge on any atom is 0.305 e. The Labute approximate surface area is 124 Å². The molecule has 0 spiro atoms. The van der Waals surface area contributed by atoms with Gasteiger partial charge in [-0.3, -0.25) is 9.59 Å². The number of benzene rings is 1. The van der Waals surface area contributed by atoms with Crippen molar-refractivity contribution < 1.29 is 19.1 Å². The molecule has 2 N–H and O–H groups in total. The second kappa shape index (κ2) is 6.70. The molecule has 4 nitrogen and oxygen atoms in total. The molecule has 0 saturated heterocycles. The second-order valence-corrected chi connectivity index (χ2v) is 5.44. The summed E-state index contributed by atoms with van der Waals surface area (Å²) in [6.45, 7) is 6.88. The van der Waals surface area contributed by atoms with Gasteiger partial charge in [0.15, 0.2) is 0 Å². The molecule has 0 aliphatic rings. The molecule has 0 atom stereocenters. The molecule has 21 heavy (non-hydrogen) atoms. The quantitative estimate of drug-likeness (QED) is 0.847. The normalized spacial score (nSPS) is 11.3. The van der Waals surface area contributed by atoms with Gasteiger partial charge in [-0.05, 0) is 49.9 Å². The predicted molar refractivity (Wildman–Crippen MR) is 78.9 cm³/mol. The van der Waals surface area contributed by atoms with Gasteiger partial charge < -0.3 is 10.4 Å². The standard InChI is InChI=1S/C16H22FNO3/c1-5-16(6-2,9-13(19)20)18-15(21)12-7-10(3)14(17)11(4)8-12/h7-8H,5-6,9H2,1-4H3,(H,18,21)(H,19,20). The third-order valence-corrected chi connectivity index (χ3v) is 3.92. The van der Waals surface area contributed by atoms with Gasteiger partial charge in [-0.2, -0.15) is 0 Å². The molecule has 116 valence electrons. The average molecular weight is 295 g/mol. The minimum Gasteiger partial charge on any atom is -0.481 e. The maximum absolute atomic E-state index is 13.6. The lowest BCUT2D eigenvalue weighted by atomic mass is 9.88. The van der Waals surface area contributed by atoms with Crippen molar-refractivity contribution in [2.75, 3.05) is 0 Å². The number of rotatable bonds is 6. The molecule has 0 aliphatic carbocycles. The van der Waals surface area contributed by atoms with Crippen molar-refractivity contribution in [2.24, 2.45) is 0 Å². The first kappa shape index (κ1) is 17.1. The van der Waals surface area contributed by atoms with E-state index in [1.54, 1.807) is 13.8 Å². The first-order chi connectivity index (χ1) is 9.74. The van der Waals surface area contributed by atoms with Crippen LogP contribution in [0.2, 0.25) is 0 Å². The third-order valence-electron chi connectivity index (χ3n) is 3.92. The van der Waals surface area contributed by atoms with E-state index in [-0.39, 0.29) is 18.1 Å². The summed E-state index contributed by atoms with van der Waals surface area (Å²) in [4.78, 5) is 23.4. The van der Waals surface area contributed by atoms with Gasteiger partial charge in [-0.25, -0.2) is 4.39 Å². The fourth-order valence-electron chi connectivity index (χ4n) is 2.40. The summed E-state index contributed by atoms with van der Waals surface area (Å²) >= 11 is 0. The number of carbonyl (C=O) groups excluding carboxylic acids is 1. The highest BCUT2D eigenvalue weighted by Crippen LogP contribution is 2.22. The van der Waals surface area contributed by atoms with Crippen LogP contribution in [0, 0.1) is 19.7 Å². The van der Waals surface area contributed by atoms with Crippen LogP contribution in [0.25, 0.3) is 0 Å². The highest BCUT2D eigenvalue weighted by atomic mass is 19.1. The number of hydrogen-bond acceptors (Lipinski definition) is 2. The van der Waals surface area contributed by atoms with E-state index in [9.17, 15) is 14.0 Å². The van der Waals surface area contributed by atoms with E-state index in [0.717, 1.165) is 0 Å². The van der Waals surface area contributed by atoms with Crippen LogP contribution < -0.4 is 5.32 Å². The van der Waals surface area contributed by atoms with Crippen molar-refractivity contribution in [3.05, 3.63) is 34.6 Å². The smallest absolute Gasteiger partial charge is 0.305 e. The molecule has 0 radical (unpaired) electrons. The molecule has 5 heteroatoms. The SMILES string of the molecule is CCC(CC)(CC(=O)O)NC(=O)c1cc(C)c(F)c(C)c1. The third kappa shape index (κ3) is 4.03. The van der Waals surface area contributed by atoms with Crippen LogP contribution in [0.15, 0.2) is 12.1 Å². The zero-order valence-corrected chi connectivity index (χ0v) is 12.9. The molecular weight excluding hydrogens is 273 g/mol. The van der Waals surface area contributed by atoms with Crippen molar-refractivity contribution >= 4 is 11.9 Å². The lowest BCUT2D eigenvalue weighted by Gasteiger charge is -2.31. The van der Waals surface area contributed by atoms with Gasteiger partial charge in [-0.1, -0.05) is 13.8 Å². The molecule has 1 rings (SSSR count). The fraction of sp³-hybridized carbons (Fsp3) is 0.500. The van der Waals surface area contributed by atoms with E-state index in [1.165, 1.54) is 12.1 Å². The Morgan fingerprint density at radius 3 is 2.05 bits per heavy atom. The Morgan fingerprint density at radius 1 is 1.19 bits per heavy atom. The number of hydrogen-bond donors (Lipinski definition) is 2. The first-order valence-corrected chi connectivity index (χ1v) is 7.05. The Kier molecular flexibility index (Phi) is 5.47. The summed E-state index contributed by atoms with van der Waals surface area (Å²) in [5, 5.41) is 11.8. The van der Waals surface area contributed by atoms with Gasteiger partial charge in [0.25, 0.3) is 5.91 Å². The molecule has 1 aromatic carbocycles. The number of aryl methyl sites for hydroxylation is 2. The number of carboxylic acid groups (broad SMARTS) is 1. The lowest BCUT2D eigenvalue weighted by molar-refractivity contribution is -0.138. The largest absolute Gasteiger partial charge is 0.481 e. The molecule has 0 fully saturated rings. The molecule has 1 amide bonds. The predicted octanol–water partition coefficient (Wildman–Crippen LogP) is 3.21. The fourth-order valence-corrected chi connectivity index (χ4v) is 2.40. The number of amides is 1. The van der Waals surface area contributed by atoms with Gasteiger partial charge in [0.2, 0.25) is 0 Å². The summed E-state index contributed by atoms with van der Waals surface area (Å²) in [5.74, 6) is -1.65. The van der Waals surface area contributed by atoms with E-state index >= 15 is 0 Å². The summed E-state index contributed by atoms with van der Waals surface area (Å²) in [6, 6.07) is 2.96. The van der Waals surface area contributed by atoms with Crippen molar-refractivity contribution in [3.8, 4) is 0 Å². The monoisotopic (exact) mass is 295 g/mol. The lowest BCUT2D eigenvalue weighted by Crippen LogP contribution is -2.49. The van der Waals surface area contributed by atoms with Crippen LogP contribution in [-0.2, 0) is 4.79 Å². The molecule has 0 aromatic heterocycles. The summed E-state index contributed by atoms with van der Waals surface area (Å²) in [7, 11) is 0. The summed E-state index contributed by atoms with van der Waals surface area (Å²) < 4.78 is 13.6. The molecule has 0 heterocycles. The van der Waals surface area contributed by atoms with Gasteiger partial charge in [0, 0.05) is 5.56 Å². The molecule has 0 saturated carbocycles. The highest BCUT2D eigenvalue weighted by molar-refractivity contribution is 5.95. The Hall–Kier alpha value is -1.91. The number of aliphatic carboxylic acids is 1. The highest BCUT2D eigenvalue weighted by Gasteiger charge is 2.31. The summed E-state index contributed by atoms with van der Waals surface area (Å²) in [5.41, 5.74) is 0.371. The second-order valence-electron chi connectivity index (χ2n) is 5.44. The number of halogens is 1. The Bertz CT molecular complexity index is 527. The summed E-state index contributed by atoms with van der Waals surface area (Å²) in [6.07, 6.45) is 0.895. The van der Waals surface area contributed by atoms with Gasteiger partial charge >= 0.3 is 5.97 Å². The first-order valence-electron chi connectivity index (χ1n) is 7.05. The van der Waals surface area contributed by atoms with Crippen molar-refractivity contribution in [2.45, 2.75) is 52.5 Å². The number of nitrogens with one attached hydrogen (secondary N) is 1. The van der Waals surface area contributed by atoms with Crippen LogP contribution in [-0.4, -0.2) is 22.5 Å². The van der Waals surface area contributed by atoms with Gasteiger partial charge in [0.1, 0.15) is 5.82 Å². The molecule has 0 bridgehead atoms. The van der Waals surface area contributed by atoms with Crippen LogP contribution >= 0.6 is 0 Å². The van der Waals surface area contributed by atoms with E-state index in [4.69, 9.17) is 5.11 Å². The zero-order chi connectivity index (χ0) is 16.2. The topological polar surface area (TPSA) is 66.4 Å². The maximum atomic E-state index is 13.6. The molecule has 0 unspecified atom stereocenters. The minimum atomic E-state index is -0.953. The van der Waals surface area contributed by atoms with Crippen LogP contribution in [0.3, 0.4) is 0 Å². The minimum absolute atomic E-state index is 0.134. The zero-order valence-electron chi connectivity index (χ0n) is 12.9. The van der Waals surface area contributed by atoms with Crippen molar-refractivity contribution in [1.29, 1.82) is 0 Å². The van der Waals surface area contributed by atoms with Crippen LogP contribution in [0.1, 0.15) is 54.6 Å². The van der Waals surface area contributed by atoms with Gasteiger partial charge in [0.05, 0.1) is 12.0 Å². The van der Waals surface area contributed by atoms with E-state index in [1.807, 2.05) is 13.8 Å². The van der Waals surface area contributed by atoms with Crippen molar-refractivity contribution in [1.82, 2.24) is 5.32 Å².